The quantitative estimate of drug-likeness (QED) is 0.795. The van der Waals surface area contributed by atoms with E-state index in [1.54, 1.807) is 24.3 Å². The SMILES string of the molecule is O=C(O)COc1ccc2c(c1)CCCC2NC(=O)c1ccc(Cl)c(Cl)c1. The highest BCUT2D eigenvalue weighted by atomic mass is 35.5. The molecule has 5 nitrogen and oxygen atoms in total. The average Bonchev–Trinajstić information content (AvgIpc) is 2.62. The Morgan fingerprint density at radius 2 is 1.96 bits per heavy atom. The number of benzene rings is 2. The average molecular weight is 394 g/mol. The Labute approximate surface area is 160 Å². The Hall–Kier alpha value is -2.24. The van der Waals surface area contributed by atoms with Crippen molar-refractivity contribution in [2.45, 2.75) is 25.3 Å². The number of carbonyl (C=O) groups is 2. The van der Waals surface area contributed by atoms with Gasteiger partial charge in [0.2, 0.25) is 0 Å². The minimum Gasteiger partial charge on any atom is -0.482 e. The fourth-order valence-corrected chi connectivity index (χ4v) is 3.35. The van der Waals surface area contributed by atoms with Gasteiger partial charge in [-0.15, -0.1) is 0 Å². The van der Waals surface area contributed by atoms with Crippen molar-refractivity contribution in [3.63, 3.8) is 0 Å². The molecule has 2 N–H and O–H groups in total. The summed E-state index contributed by atoms with van der Waals surface area (Å²) >= 11 is 11.9. The van der Waals surface area contributed by atoms with Crippen LogP contribution in [-0.2, 0) is 11.2 Å². The van der Waals surface area contributed by atoms with Gasteiger partial charge in [-0.1, -0.05) is 29.3 Å². The lowest BCUT2D eigenvalue weighted by Gasteiger charge is -2.27. The van der Waals surface area contributed by atoms with Gasteiger partial charge in [-0.2, -0.15) is 0 Å². The van der Waals surface area contributed by atoms with E-state index in [0.717, 1.165) is 30.4 Å². The van der Waals surface area contributed by atoms with Crippen LogP contribution in [0.15, 0.2) is 36.4 Å². The number of carbonyl (C=O) groups excluding carboxylic acids is 1. The van der Waals surface area contributed by atoms with Crippen molar-refractivity contribution in [3.05, 3.63) is 63.1 Å². The number of fused-ring (bicyclic) bond motifs is 1. The van der Waals surface area contributed by atoms with Crippen LogP contribution in [0.3, 0.4) is 0 Å². The number of carboxylic acids is 1. The van der Waals surface area contributed by atoms with Crippen LogP contribution in [0.5, 0.6) is 5.75 Å². The van der Waals surface area contributed by atoms with Gasteiger partial charge in [0.1, 0.15) is 5.75 Å². The molecule has 1 atom stereocenters. The normalized spacial score (nSPS) is 15.8. The van der Waals surface area contributed by atoms with Gasteiger partial charge < -0.3 is 15.2 Å². The summed E-state index contributed by atoms with van der Waals surface area (Å²) in [7, 11) is 0. The third-order valence-electron chi connectivity index (χ3n) is 4.28. The Morgan fingerprint density at radius 3 is 2.69 bits per heavy atom. The number of hydrogen-bond donors (Lipinski definition) is 2. The van der Waals surface area contributed by atoms with Gasteiger partial charge in [-0.3, -0.25) is 4.79 Å². The summed E-state index contributed by atoms with van der Waals surface area (Å²) in [4.78, 5) is 23.2. The molecule has 0 saturated heterocycles. The highest BCUT2D eigenvalue weighted by Crippen LogP contribution is 2.32. The van der Waals surface area contributed by atoms with Crippen LogP contribution < -0.4 is 10.1 Å². The Kier molecular flexibility index (Phi) is 5.69. The maximum atomic E-state index is 12.5. The summed E-state index contributed by atoms with van der Waals surface area (Å²) in [5.74, 6) is -0.718. The highest BCUT2D eigenvalue weighted by Gasteiger charge is 2.23. The van der Waals surface area contributed by atoms with E-state index in [2.05, 4.69) is 5.32 Å². The molecule has 136 valence electrons. The van der Waals surface area contributed by atoms with E-state index in [1.807, 2.05) is 12.1 Å². The molecule has 3 rings (SSSR count). The van der Waals surface area contributed by atoms with Crippen LogP contribution >= 0.6 is 23.2 Å². The molecule has 0 aliphatic heterocycles. The molecular formula is C19H17Cl2NO4. The van der Waals surface area contributed by atoms with Crippen molar-refractivity contribution in [2.75, 3.05) is 6.61 Å². The molecule has 1 unspecified atom stereocenters. The van der Waals surface area contributed by atoms with Crippen LogP contribution in [0.2, 0.25) is 10.0 Å². The van der Waals surface area contributed by atoms with Crippen LogP contribution in [0.1, 0.15) is 40.4 Å². The van der Waals surface area contributed by atoms with Gasteiger partial charge in [-0.25, -0.2) is 4.79 Å². The number of carboxylic acid groups (broad SMARTS) is 1. The topological polar surface area (TPSA) is 75.6 Å². The number of ether oxygens (including phenoxy) is 1. The lowest BCUT2D eigenvalue weighted by atomic mass is 9.87. The number of hydrogen-bond acceptors (Lipinski definition) is 3. The van der Waals surface area contributed by atoms with E-state index in [0.29, 0.717) is 21.4 Å². The molecule has 0 fully saturated rings. The van der Waals surface area contributed by atoms with Crippen molar-refractivity contribution in [1.82, 2.24) is 5.32 Å². The van der Waals surface area contributed by atoms with Gasteiger partial charge >= 0.3 is 5.97 Å². The maximum absolute atomic E-state index is 12.5. The molecule has 1 amide bonds. The number of aryl methyl sites for hydroxylation is 1. The zero-order valence-corrected chi connectivity index (χ0v) is 15.3. The fourth-order valence-electron chi connectivity index (χ4n) is 3.05. The van der Waals surface area contributed by atoms with Crippen molar-refractivity contribution >= 4 is 35.1 Å². The molecule has 0 aromatic heterocycles. The smallest absolute Gasteiger partial charge is 0.341 e. The summed E-state index contributed by atoms with van der Waals surface area (Å²) in [6.45, 7) is -0.379. The third-order valence-corrected chi connectivity index (χ3v) is 5.02. The number of nitrogens with one attached hydrogen (secondary N) is 1. The predicted octanol–water partition coefficient (Wildman–Crippen LogP) is 4.26. The third kappa shape index (κ3) is 4.29. The summed E-state index contributed by atoms with van der Waals surface area (Å²) in [6.07, 6.45) is 2.61. The lowest BCUT2D eigenvalue weighted by molar-refractivity contribution is -0.139. The van der Waals surface area contributed by atoms with E-state index < -0.39 is 5.97 Å². The number of amides is 1. The second-order valence-corrected chi connectivity index (χ2v) is 6.90. The summed E-state index contributed by atoms with van der Waals surface area (Å²) in [5.41, 5.74) is 2.53. The summed E-state index contributed by atoms with van der Waals surface area (Å²) in [6, 6.07) is 10.1. The number of rotatable bonds is 5. The Bertz CT molecular complexity index is 853. The molecule has 1 aliphatic rings. The molecule has 0 spiro atoms. The highest BCUT2D eigenvalue weighted by molar-refractivity contribution is 6.42. The molecule has 1 aliphatic carbocycles. The van der Waals surface area contributed by atoms with Crippen molar-refractivity contribution in [3.8, 4) is 5.75 Å². The van der Waals surface area contributed by atoms with Crippen molar-refractivity contribution < 1.29 is 19.4 Å². The molecule has 7 heteroatoms. The molecule has 2 aromatic rings. The first-order chi connectivity index (χ1) is 12.4. The molecule has 2 aromatic carbocycles. The van der Waals surface area contributed by atoms with Gasteiger partial charge in [0.15, 0.2) is 6.61 Å². The number of aliphatic carboxylic acids is 1. The minimum absolute atomic E-state index is 0.116. The zero-order chi connectivity index (χ0) is 18.7. The standard InChI is InChI=1S/C19H17Cl2NO4/c20-15-7-4-12(9-16(15)21)19(25)22-17-3-1-2-11-8-13(5-6-14(11)17)26-10-18(23)24/h4-9,17H,1-3,10H2,(H,22,25)(H,23,24). The first kappa shape index (κ1) is 18.5. The van der Waals surface area contributed by atoms with Gasteiger partial charge in [-0.05, 0) is 60.7 Å². The maximum Gasteiger partial charge on any atom is 0.341 e. The molecular weight excluding hydrogens is 377 g/mol. The number of halogens is 2. The first-order valence-corrected chi connectivity index (χ1v) is 8.93. The predicted molar refractivity (Wildman–Crippen MR) is 99.2 cm³/mol. The Morgan fingerprint density at radius 1 is 1.15 bits per heavy atom. The lowest BCUT2D eigenvalue weighted by Crippen LogP contribution is -2.31. The zero-order valence-electron chi connectivity index (χ0n) is 13.8. The summed E-state index contributed by atoms with van der Waals surface area (Å²) in [5, 5.41) is 12.5. The van der Waals surface area contributed by atoms with Gasteiger partial charge in [0.25, 0.3) is 5.91 Å². The molecule has 0 saturated carbocycles. The Balaban J connectivity index is 1.75. The second-order valence-electron chi connectivity index (χ2n) is 6.09. The van der Waals surface area contributed by atoms with E-state index in [4.69, 9.17) is 33.0 Å². The molecule has 0 bridgehead atoms. The molecule has 26 heavy (non-hydrogen) atoms. The van der Waals surface area contributed by atoms with Crippen LogP contribution in [0.25, 0.3) is 0 Å². The van der Waals surface area contributed by atoms with Crippen LogP contribution in [0, 0.1) is 0 Å². The second kappa shape index (κ2) is 7.98. The van der Waals surface area contributed by atoms with Crippen molar-refractivity contribution in [2.24, 2.45) is 0 Å². The molecule has 0 radical (unpaired) electrons. The monoisotopic (exact) mass is 393 g/mol. The van der Waals surface area contributed by atoms with E-state index in [-0.39, 0.29) is 18.6 Å². The van der Waals surface area contributed by atoms with E-state index in [9.17, 15) is 9.59 Å². The van der Waals surface area contributed by atoms with Crippen molar-refractivity contribution in [1.29, 1.82) is 0 Å². The van der Waals surface area contributed by atoms with Crippen LogP contribution in [-0.4, -0.2) is 23.6 Å². The first-order valence-electron chi connectivity index (χ1n) is 8.17. The fraction of sp³-hybridized carbons (Fsp3) is 0.263. The molecule has 0 heterocycles. The van der Waals surface area contributed by atoms with E-state index in [1.165, 1.54) is 0 Å². The largest absolute Gasteiger partial charge is 0.482 e. The van der Waals surface area contributed by atoms with Crippen LogP contribution in [0.4, 0.5) is 0 Å². The van der Waals surface area contributed by atoms with Gasteiger partial charge in [0, 0.05) is 5.56 Å². The minimum atomic E-state index is -1.02. The van der Waals surface area contributed by atoms with Gasteiger partial charge in [0.05, 0.1) is 16.1 Å². The van der Waals surface area contributed by atoms with E-state index >= 15 is 0 Å². The summed E-state index contributed by atoms with van der Waals surface area (Å²) < 4.78 is 5.23.